The predicted octanol–water partition coefficient (Wildman–Crippen LogP) is 3.00. The van der Waals surface area contributed by atoms with Crippen LogP contribution in [0.1, 0.15) is 27.6 Å². The molecule has 7 nitrogen and oxygen atoms in total. The molecule has 0 radical (unpaired) electrons. The molecule has 0 spiro atoms. The first-order chi connectivity index (χ1) is 17.0. The zero-order valence-electron chi connectivity index (χ0n) is 19.7. The normalized spacial score (nSPS) is 14.3. The fourth-order valence-electron chi connectivity index (χ4n) is 4.18. The maximum atomic E-state index is 13.0. The first-order valence-corrected chi connectivity index (χ1v) is 11.7. The van der Waals surface area contributed by atoms with Gasteiger partial charge in [-0.15, -0.1) is 0 Å². The van der Waals surface area contributed by atoms with Gasteiger partial charge in [-0.3, -0.25) is 14.4 Å². The van der Waals surface area contributed by atoms with Crippen molar-refractivity contribution in [2.24, 2.45) is 0 Å². The molecule has 0 aliphatic carbocycles. The van der Waals surface area contributed by atoms with Gasteiger partial charge in [-0.2, -0.15) is 0 Å². The van der Waals surface area contributed by atoms with Gasteiger partial charge in [0.05, 0.1) is 6.61 Å². The van der Waals surface area contributed by atoms with Gasteiger partial charge in [0, 0.05) is 43.0 Å². The molecule has 2 amide bonds. The van der Waals surface area contributed by atoms with Crippen LogP contribution in [0.4, 0.5) is 5.69 Å². The molecule has 1 atom stereocenters. The number of aliphatic hydroxyl groups is 1. The number of hydrogen-bond acceptors (Lipinski definition) is 5. The Kier molecular flexibility index (Phi) is 7.57. The number of ketones is 1. The van der Waals surface area contributed by atoms with Gasteiger partial charge in [-0.25, -0.2) is 0 Å². The second-order valence-corrected chi connectivity index (χ2v) is 8.57. The Balaban J connectivity index is 1.33. The highest BCUT2D eigenvalue weighted by Gasteiger charge is 2.28. The van der Waals surface area contributed by atoms with E-state index >= 15 is 0 Å². The lowest BCUT2D eigenvalue weighted by molar-refractivity contribution is -0.134. The molecule has 0 aromatic heterocycles. The number of piperazine rings is 1. The zero-order valence-corrected chi connectivity index (χ0v) is 19.7. The summed E-state index contributed by atoms with van der Waals surface area (Å²) in [5, 5.41) is 12.5. The Morgan fingerprint density at radius 2 is 1.37 bits per heavy atom. The van der Waals surface area contributed by atoms with Crippen molar-refractivity contribution in [2.45, 2.75) is 13.0 Å². The summed E-state index contributed by atoms with van der Waals surface area (Å²) in [6, 6.07) is 23.4. The van der Waals surface area contributed by atoms with Crippen LogP contribution in [-0.2, 0) is 4.79 Å². The zero-order chi connectivity index (χ0) is 24.8. The molecule has 0 saturated carbocycles. The van der Waals surface area contributed by atoms with Crippen LogP contribution in [0.3, 0.4) is 0 Å². The molecule has 180 valence electrons. The third kappa shape index (κ3) is 5.75. The van der Waals surface area contributed by atoms with Crippen molar-refractivity contribution in [1.82, 2.24) is 10.2 Å². The molecule has 3 aromatic rings. The molecule has 1 fully saturated rings. The number of rotatable bonds is 7. The molecule has 7 heteroatoms. The highest BCUT2D eigenvalue weighted by Crippen LogP contribution is 2.20. The van der Waals surface area contributed by atoms with Gasteiger partial charge in [0.15, 0.2) is 5.78 Å². The first-order valence-electron chi connectivity index (χ1n) is 11.7. The average molecular weight is 472 g/mol. The number of nitrogens with zero attached hydrogens (tertiary/aromatic N) is 2. The van der Waals surface area contributed by atoms with Crippen molar-refractivity contribution in [2.75, 3.05) is 37.7 Å². The lowest BCUT2D eigenvalue weighted by atomic mass is 10.0. The maximum Gasteiger partial charge on any atom is 0.251 e. The topological polar surface area (TPSA) is 90.0 Å². The number of aliphatic hydroxyl groups excluding tert-OH is 1. The summed E-state index contributed by atoms with van der Waals surface area (Å²) >= 11 is 0. The molecule has 1 heterocycles. The minimum atomic E-state index is -1.00. The van der Waals surface area contributed by atoms with E-state index in [0.29, 0.717) is 37.3 Å². The highest BCUT2D eigenvalue weighted by atomic mass is 16.3. The molecule has 35 heavy (non-hydrogen) atoms. The van der Waals surface area contributed by atoms with Crippen molar-refractivity contribution in [3.63, 3.8) is 0 Å². The summed E-state index contributed by atoms with van der Waals surface area (Å²) < 4.78 is 0. The minimum Gasteiger partial charge on any atom is -0.394 e. The van der Waals surface area contributed by atoms with Crippen LogP contribution < -0.4 is 10.2 Å². The van der Waals surface area contributed by atoms with Crippen LogP contribution >= 0.6 is 0 Å². The van der Waals surface area contributed by atoms with Crippen LogP contribution in [0.2, 0.25) is 0 Å². The standard InChI is InChI=1S/C28H29N3O4/c1-20(33)21-11-13-25(14-12-21)30-15-17-31(18-16-30)28(35)26(19-32)29-27(34)24-9-7-23(8-10-24)22-5-3-2-4-6-22/h2-14,26,32H,15-19H2,1H3,(H,29,34)/t26-/m0/s1. The fraction of sp³-hybridized carbons (Fsp3) is 0.250. The summed E-state index contributed by atoms with van der Waals surface area (Å²) in [5.74, 6) is -0.675. The van der Waals surface area contributed by atoms with E-state index in [1.807, 2.05) is 54.6 Å². The van der Waals surface area contributed by atoms with Crippen LogP contribution in [0.15, 0.2) is 78.9 Å². The molecule has 4 rings (SSSR count). The molecule has 1 aliphatic rings. The Hall–Kier alpha value is -3.97. The molecular weight excluding hydrogens is 442 g/mol. The van der Waals surface area contributed by atoms with Crippen molar-refractivity contribution >= 4 is 23.3 Å². The molecule has 0 bridgehead atoms. The lowest BCUT2D eigenvalue weighted by Crippen LogP contribution is -2.56. The number of carbonyl (C=O) groups excluding carboxylic acids is 3. The van der Waals surface area contributed by atoms with Crippen molar-refractivity contribution < 1.29 is 19.5 Å². The second kappa shape index (κ2) is 11.0. The van der Waals surface area contributed by atoms with E-state index in [9.17, 15) is 19.5 Å². The number of benzene rings is 3. The second-order valence-electron chi connectivity index (χ2n) is 8.57. The summed E-state index contributed by atoms with van der Waals surface area (Å²) in [4.78, 5) is 41.0. The molecule has 1 aliphatic heterocycles. The van der Waals surface area contributed by atoms with Crippen molar-refractivity contribution in [3.05, 3.63) is 90.0 Å². The molecule has 3 aromatic carbocycles. The molecule has 1 saturated heterocycles. The van der Waals surface area contributed by atoms with Crippen LogP contribution in [0.25, 0.3) is 11.1 Å². The van der Waals surface area contributed by atoms with E-state index in [4.69, 9.17) is 0 Å². The molecule has 0 unspecified atom stereocenters. The lowest BCUT2D eigenvalue weighted by Gasteiger charge is -2.37. The van der Waals surface area contributed by atoms with Gasteiger partial charge < -0.3 is 20.2 Å². The van der Waals surface area contributed by atoms with Gasteiger partial charge >= 0.3 is 0 Å². The quantitative estimate of drug-likeness (QED) is 0.517. The van der Waals surface area contributed by atoms with Crippen molar-refractivity contribution in [3.8, 4) is 11.1 Å². The van der Waals surface area contributed by atoms with Gasteiger partial charge in [0.25, 0.3) is 5.91 Å². The monoisotopic (exact) mass is 471 g/mol. The van der Waals surface area contributed by atoms with Gasteiger partial charge in [0.2, 0.25) is 5.91 Å². The molecule has 2 N–H and O–H groups in total. The van der Waals surface area contributed by atoms with Gasteiger partial charge in [-0.05, 0) is 54.4 Å². The SMILES string of the molecule is CC(=O)c1ccc(N2CCN(C(=O)[C@H](CO)NC(=O)c3ccc(-c4ccccc4)cc3)CC2)cc1. The number of carbonyl (C=O) groups is 3. The van der Waals surface area contributed by atoms with E-state index in [1.165, 1.54) is 6.92 Å². The Labute approximate surface area is 205 Å². The number of anilines is 1. The number of hydrogen-bond donors (Lipinski definition) is 2. The van der Waals surface area contributed by atoms with E-state index in [-0.39, 0.29) is 11.7 Å². The van der Waals surface area contributed by atoms with Crippen LogP contribution in [0, 0.1) is 0 Å². The number of Topliss-reactive ketones (excluding diaryl/α,β-unsaturated/α-hetero) is 1. The summed E-state index contributed by atoms with van der Waals surface area (Å²) in [5.41, 5.74) is 4.13. The Bertz CT molecular complexity index is 1170. The minimum absolute atomic E-state index is 0.0243. The fourth-order valence-corrected chi connectivity index (χ4v) is 4.18. The largest absolute Gasteiger partial charge is 0.394 e. The van der Waals surface area contributed by atoms with Crippen LogP contribution in [-0.4, -0.2) is 66.4 Å². The average Bonchev–Trinajstić information content (AvgIpc) is 2.92. The summed E-state index contributed by atoms with van der Waals surface area (Å²) in [6.07, 6.45) is 0. The highest BCUT2D eigenvalue weighted by molar-refractivity contribution is 5.98. The van der Waals surface area contributed by atoms with Crippen LogP contribution in [0.5, 0.6) is 0 Å². The Morgan fingerprint density at radius 1 is 0.800 bits per heavy atom. The van der Waals surface area contributed by atoms with Gasteiger partial charge in [0.1, 0.15) is 6.04 Å². The van der Waals surface area contributed by atoms with Gasteiger partial charge in [-0.1, -0.05) is 42.5 Å². The number of nitrogens with one attached hydrogen (secondary N) is 1. The summed E-state index contributed by atoms with van der Waals surface area (Å²) in [6.45, 7) is 3.27. The van der Waals surface area contributed by atoms with Crippen molar-refractivity contribution in [1.29, 1.82) is 0 Å². The number of amides is 2. The smallest absolute Gasteiger partial charge is 0.251 e. The predicted molar refractivity (Wildman–Crippen MR) is 135 cm³/mol. The first kappa shape index (κ1) is 24.2. The van der Waals surface area contributed by atoms with E-state index in [1.54, 1.807) is 29.2 Å². The van der Waals surface area contributed by atoms with E-state index in [2.05, 4.69) is 10.2 Å². The van der Waals surface area contributed by atoms with E-state index < -0.39 is 18.6 Å². The van der Waals surface area contributed by atoms with E-state index in [0.717, 1.165) is 16.8 Å². The Morgan fingerprint density at radius 3 is 1.94 bits per heavy atom. The maximum absolute atomic E-state index is 13.0. The third-order valence-electron chi connectivity index (χ3n) is 6.27. The summed E-state index contributed by atoms with van der Waals surface area (Å²) in [7, 11) is 0. The molecular formula is C28H29N3O4. The third-order valence-corrected chi connectivity index (χ3v) is 6.27.